The Morgan fingerprint density at radius 1 is 1.21 bits per heavy atom. The van der Waals surface area contributed by atoms with E-state index in [1.807, 2.05) is 6.07 Å². The number of aryl methyl sites for hydroxylation is 1. The predicted octanol–water partition coefficient (Wildman–Crippen LogP) is 2.88. The predicted molar refractivity (Wildman–Crippen MR) is 112 cm³/mol. The van der Waals surface area contributed by atoms with E-state index < -0.39 is 0 Å². The summed E-state index contributed by atoms with van der Waals surface area (Å²) in [5, 5.41) is 2.83. The van der Waals surface area contributed by atoms with Crippen molar-refractivity contribution in [2.75, 3.05) is 31.1 Å². The highest BCUT2D eigenvalue weighted by Crippen LogP contribution is 2.40. The van der Waals surface area contributed by atoms with Crippen LogP contribution in [-0.2, 0) is 19.1 Å². The monoisotopic (exact) mass is 400 g/mol. The molecule has 0 heterocycles. The van der Waals surface area contributed by atoms with Gasteiger partial charge in [0, 0.05) is 37.2 Å². The van der Waals surface area contributed by atoms with Crippen LogP contribution in [0.3, 0.4) is 0 Å². The van der Waals surface area contributed by atoms with Gasteiger partial charge in [0.05, 0.1) is 5.92 Å². The molecular weight excluding hydrogens is 368 g/mol. The first-order chi connectivity index (χ1) is 14.0. The summed E-state index contributed by atoms with van der Waals surface area (Å²) in [5.74, 6) is -0.517. The van der Waals surface area contributed by atoms with E-state index in [1.54, 1.807) is 0 Å². The highest BCUT2D eigenvalue weighted by Gasteiger charge is 2.41. The van der Waals surface area contributed by atoms with Crippen LogP contribution in [0.4, 0.5) is 5.69 Å². The lowest BCUT2D eigenvalue weighted by molar-refractivity contribution is -0.156. The second-order valence-corrected chi connectivity index (χ2v) is 8.27. The van der Waals surface area contributed by atoms with Gasteiger partial charge in [0.15, 0.2) is 6.61 Å². The smallest absolute Gasteiger partial charge is 0.309 e. The number of ketones is 1. The minimum Gasteiger partial charge on any atom is -0.455 e. The van der Waals surface area contributed by atoms with Crippen molar-refractivity contribution in [2.24, 2.45) is 17.8 Å². The van der Waals surface area contributed by atoms with Gasteiger partial charge in [0.2, 0.25) is 0 Å². The molecule has 0 saturated heterocycles. The number of carbonyl (C=O) groups is 3. The molecule has 0 aliphatic heterocycles. The third kappa shape index (κ3) is 5.58. The highest BCUT2D eigenvalue weighted by molar-refractivity contribution is 5.88. The lowest BCUT2D eigenvalue weighted by Gasteiger charge is -2.36. The van der Waals surface area contributed by atoms with E-state index in [0.717, 1.165) is 31.5 Å². The van der Waals surface area contributed by atoms with E-state index in [4.69, 9.17) is 4.74 Å². The van der Waals surface area contributed by atoms with Crippen molar-refractivity contribution < 1.29 is 19.1 Å². The molecule has 1 aromatic carbocycles. The van der Waals surface area contributed by atoms with Gasteiger partial charge < -0.3 is 15.0 Å². The van der Waals surface area contributed by atoms with Crippen LogP contribution in [0.15, 0.2) is 24.3 Å². The van der Waals surface area contributed by atoms with Gasteiger partial charge in [-0.25, -0.2) is 0 Å². The average Bonchev–Trinajstić information content (AvgIpc) is 2.69. The number of esters is 1. The van der Waals surface area contributed by atoms with E-state index >= 15 is 0 Å². The first kappa shape index (κ1) is 21.3. The summed E-state index contributed by atoms with van der Waals surface area (Å²) >= 11 is 0. The third-order valence-electron chi connectivity index (χ3n) is 6.18. The Morgan fingerprint density at radius 3 is 2.59 bits per heavy atom. The molecule has 2 aliphatic rings. The molecule has 6 heteroatoms. The summed E-state index contributed by atoms with van der Waals surface area (Å²) in [4.78, 5) is 38.8. The van der Waals surface area contributed by atoms with Gasteiger partial charge in [-0.1, -0.05) is 18.6 Å². The Labute approximate surface area is 173 Å². The molecule has 0 aromatic heterocycles. The first-order valence-electron chi connectivity index (χ1n) is 10.8. The largest absolute Gasteiger partial charge is 0.455 e. The molecule has 2 fully saturated rings. The second-order valence-electron chi connectivity index (χ2n) is 8.27. The van der Waals surface area contributed by atoms with Crippen molar-refractivity contribution in [3.05, 3.63) is 29.8 Å². The average molecular weight is 401 g/mol. The lowest BCUT2D eigenvalue weighted by atomic mass is 9.67. The molecule has 3 rings (SSSR count). The van der Waals surface area contributed by atoms with Crippen molar-refractivity contribution in [3.8, 4) is 0 Å². The topological polar surface area (TPSA) is 75.7 Å². The van der Waals surface area contributed by atoms with Crippen LogP contribution in [0.2, 0.25) is 0 Å². The number of benzene rings is 1. The molecular formula is C23H32N2O4. The maximum absolute atomic E-state index is 12.4. The molecule has 0 unspecified atom stereocenters. The number of nitrogens with zero attached hydrogens (tertiary/aromatic N) is 1. The van der Waals surface area contributed by atoms with E-state index in [-0.39, 0.29) is 36.2 Å². The molecule has 0 radical (unpaired) electrons. The van der Waals surface area contributed by atoms with Crippen LogP contribution in [0, 0.1) is 24.7 Å². The molecule has 2 saturated carbocycles. The maximum atomic E-state index is 12.4. The number of nitrogens with one attached hydrogen (secondary N) is 1. The maximum Gasteiger partial charge on any atom is 0.309 e. The van der Waals surface area contributed by atoms with Crippen LogP contribution in [0.25, 0.3) is 0 Å². The second kappa shape index (κ2) is 9.90. The fourth-order valence-corrected chi connectivity index (χ4v) is 4.60. The van der Waals surface area contributed by atoms with Crippen LogP contribution < -0.4 is 10.2 Å². The molecule has 2 atom stereocenters. The van der Waals surface area contributed by atoms with Gasteiger partial charge in [-0.15, -0.1) is 0 Å². The first-order valence-corrected chi connectivity index (χ1v) is 10.8. The quantitative estimate of drug-likeness (QED) is 0.679. The van der Waals surface area contributed by atoms with E-state index in [9.17, 15) is 14.4 Å². The van der Waals surface area contributed by atoms with Crippen LogP contribution >= 0.6 is 0 Å². The SMILES string of the molecule is CCN(CCNC(=O)COC(=O)C1C[C@@H]2CCC[C@@H](C1)C2=O)c1cccc(C)c1. The Hall–Kier alpha value is -2.37. The number of ether oxygens (including phenoxy) is 1. The number of hydrogen-bond acceptors (Lipinski definition) is 5. The number of rotatable bonds is 8. The van der Waals surface area contributed by atoms with E-state index in [0.29, 0.717) is 31.7 Å². The van der Waals surface area contributed by atoms with Gasteiger partial charge >= 0.3 is 5.97 Å². The molecule has 0 spiro atoms. The molecule has 1 amide bonds. The zero-order chi connectivity index (χ0) is 20.8. The van der Waals surface area contributed by atoms with Crippen molar-refractivity contribution >= 4 is 23.3 Å². The number of likely N-dealkylation sites (N-methyl/N-ethyl adjacent to an activating group) is 1. The number of carbonyl (C=O) groups excluding carboxylic acids is 3. The minimum atomic E-state index is -0.334. The summed E-state index contributed by atoms with van der Waals surface area (Å²) in [6, 6.07) is 8.27. The summed E-state index contributed by atoms with van der Waals surface area (Å²) in [6.07, 6.45) is 4.00. The number of amides is 1. The zero-order valence-corrected chi connectivity index (χ0v) is 17.5. The fraction of sp³-hybridized carbons (Fsp3) is 0.609. The molecule has 1 N–H and O–H groups in total. The number of anilines is 1. The zero-order valence-electron chi connectivity index (χ0n) is 17.5. The number of fused-ring (bicyclic) bond motifs is 2. The summed E-state index contributed by atoms with van der Waals surface area (Å²) in [7, 11) is 0. The van der Waals surface area contributed by atoms with Crippen LogP contribution in [0.1, 0.15) is 44.6 Å². The fourth-order valence-electron chi connectivity index (χ4n) is 4.60. The van der Waals surface area contributed by atoms with Gasteiger partial charge in [0.1, 0.15) is 5.78 Å². The third-order valence-corrected chi connectivity index (χ3v) is 6.18. The minimum absolute atomic E-state index is 0.00975. The molecule has 29 heavy (non-hydrogen) atoms. The normalized spacial score (nSPS) is 23.4. The van der Waals surface area contributed by atoms with Crippen LogP contribution in [-0.4, -0.2) is 43.9 Å². The van der Waals surface area contributed by atoms with Crippen molar-refractivity contribution in [2.45, 2.75) is 46.0 Å². The lowest BCUT2D eigenvalue weighted by Crippen LogP contribution is -2.40. The van der Waals surface area contributed by atoms with Gasteiger partial charge in [-0.3, -0.25) is 14.4 Å². The molecule has 158 valence electrons. The standard InChI is InChI=1S/C23H32N2O4/c1-3-25(20-9-4-6-16(2)12-20)11-10-24-21(26)15-29-23(28)19-13-17-7-5-8-18(14-19)22(17)27/h4,6,9,12,17-19H,3,5,7-8,10-11,13-15H2,1-2H3,(H,24,26)/t17-,18-/m0/s1. The summed E-state index contributed by atoms with van der Waals surface area (Å²) in [6.45, 7) is 5.90. The van der Waals surface area contributed by atoms with Crippen LogP contribution in [0.5, 0.6) is 0 Å². The Kier molecular flexibility index (Phi) is 7.29. The van der Waals surface area contributed by atoms with Gasteiger partial charge in [-0.2, -0.15) is 0 Å². The Morgan fingerprint density at radius 2 is 1.93 bits per heavy atom. The summed E-state index contributed by atoms with van der Waals surface area (Å²) < 4.78 is 5.25. The highest BCUT2D eigenvalue weighted by atomic mass is 16.5. The Balaban J connectivity index is 1.38. The number of Topliss-reactive ketones (excluding diaryl/α,β-unsaturated/α-hetero) is 1. The molecule has 2 bridgehead atoms. The summed E-state index contributed by atoms with van der Waals surface area (Å²) in [5.41, 5.74) is 2.33. The van der Waals surface area contributed by atoms with Crippen molar-refractivity contribution in [3.63, 3.8) is 0 Å². The Bertz CT molecular complexity index is 732. The van der Waals surface area contributed by atoms with Gasteiger partial charge in [-0.05, 0) is 57.2 Å². The molecule has 6 nitrogen and oxygen atoms in total. The number of hydrogen-bond donors (Lipinski definition) is 1. The molecule has 2 aliphatic carbocycles. The molecule has 1 aromatic rings. The van der Waals surface area contributed by atoms with Crippen molar-refractivity contribution in [1.29, 1.82) is 0 Å². The van der Waals surface area contributed by atoms with E-state index in [1.165, 1.54) is 5.56 Å². The van der Waals surface area contributed by atoms with E-state index in [2.05, 4.69) is 42.3 Å². The van der Waals surface area contributed by atoms with Crippen molar-refractivity contribution in [1.82, 2.24) is 5.32 Å². The van der Waals surface area contributed by atoms with Gasteiger partial charge in [0.25, 0.3) is 5.91 Å².